The fourth-order valence-electron chi connectivity index (χ4n) is 8.87. The van der Waals surface area contributed by atoms with E-state index in [0.717, 1.165) is 17.1 Å². The van der Waals surface area contributed by atoms with Gasteiger partial charge in [-0.3, -0.25) is 0 Å². The lowest BCUT2D eigenvalue weighted by Gasteiger charge is -2.28. The van der Waals surface area contributed by atoms with Crippen molar-refractivity contribution in [1.29, 1.82) is 0 Å². The lowest BCUT2D eigenvalue weighted by molar-refractivity contribution is 0.660. The standard InChI is InChI=1S/C48H37NS/c1-47(2)41-17-8-5-14-35(41)38-28-33(21-23-43(38)47)49(34-22-24-44-39(29-34)36-15-6-9-18-42(36)48(44,3)4)32-13-11-12-30(26-32)31-20-25-46-40(27-31)37-16-7-10-19-45(37)50-46/h5-29H,1-4H3. The Labute approximate surface area is 298 Å². The van der Waals surface area contributed by atoms with Crippen LogP contribution in [-0.2, 0) is 10.8 Å². The van der Waals surface area contributed by atoms with E-state index < -0.39 is 0 Å². The average molecular weight is 660 g/mol. The predicted molar refractivity (Wildman–Crippen MR) is 215 cm³/mol. The normalized spacial score (nSPS) is 14.7. The molecule has 0 fully saturated rings. The van der Waals surface area contributed by atoms with Gasteiger partial charge in [0.25, 0.3) is 0 Å². The highest BCUT2D eigenvalue weighted by Gasteiger charge is 2.37. The molecule has 7 aromatic carbocycles. The van der Waals surface area contributed by atoms with Gasteiger partial charge in [0.2, 0.25) is 0 Å². The monoisotopic (exact) mass is 659 g/mol. The van der Waals surface area contributed by atoms with Gasteiger partial charge in [0.05, 0.1) is 0 Å². The Bertz CT molecular complexity index is 2560. The van der Waals surface area contributed by atoms with Gasteiger partial charge in [-0.15, -0.1) is 11.3 Å². The molecule has 2 heteroatoms. The van der Waals surface area contributed by atoms with E-state index in [0.29, 0.717) is 0 Å². The van der Waals surface area contributed by atoms with Gasteiger partial charge in [0.1, 0.15) is 0 Å². The lowest BCUT2D eigenvalue weighted by Crippen LogP contribution is -2.16. The van der Waals surface area contributed by atoms with Gasteiger partial charge in [0, 0.05) is 48.1 Å². The van der Waals surface area contributed by atoms with E-state index in [1.54, 1.807) is 0 Å². The van der Waals surface area contributed by atoms with Crippen LogP contribution in [0.1, 0.15) is 49.9 Å². The molecule has 0 spiro atoms. The summed E-state index contributed by atoms with van der Waals surface area (Å²) in [7, 11) is 0. The maximum atomic E-state index is 2.46. The van der Waals surface area contributed by atoms with Crippen LogP contribution in [0.3, 0.4) is 0 Å². The minimum absolute atomic E-state index is 0.0391. The molecule has 0 saturated carbocycles. The molecule has 0 atom stereocenters. The minimum Gasteiger partial charge on any atom is -0.310 e. The second-order valence-electron chi connectivity index (χ2n) is 15.0. The number of thiophene rings is 1. The molecule has 2 aliphatic rings. The number of rotatable bonds is 4. The number of fused-ring (bicyclic) bond motifs is 9. The Morgan fingerprint density at radius 2 is 0.900 bits per heavy atom. The molecule has 50 heavy (non-hydrogen) atoms. The average Bonchev–Trinajstić information content (AvgIpc) is 3.71. The molecular formula is C48H37NS. The van der Waals surface area contributed by atoms with E-state index >= 15 is 0 Å². The molecule has 0 N–H and O–H groups in total. The zero-order valence-corrected chi connectivity index (χ0v) is 29.6. The minimum atomic E-state index is -0.0391. The summed E-state index contributed by atoms with van der Waals surface area (Å²) in [4.78, 5) is 2.46. The molecule has 0 unspecified atom stereocenters. The zero-order valence-electron chi connectivity index (χ0n) is 28.8. The maximum Gasteiger partial charge on any atom is 0.0468 e. The third-order valence-corrected chi connectivity index (χ3v) is 12.6. The largest absolute Gasteiger partial charge is 0.310 e. The third-order valence-electron chi connectivity index (χ3n) is 11.5. The van der Waals surface area contributed by atoms with Crippen LogP contribution in [0.25, 0.3) is 53.6 Å². The quantitative estimate of drug-likeness (QED) is 0.182. The van der Waals surface area contributed by atoms with E-state index in [2.05, 4.69) is 184 Å². The van der Waals surface area contributed by atoms with E-state index in [-0.39, 0.29) is 10.8 Å². The molecule has 0 aliphatic heterocycles. The van der Waals surface area contributed by atoms with Crippen LogP contribution in [0.15, 0.2) is 152 Å². The highest BCUT2D eigenvalue weighted by Crippen LogP contribution is 2.53. The topological polar surface area (TPSA) is 3.24 Å². The van der Waals surface area contributed by atoms with Crippen LogP contribution in [0.5, 0.6) is 0 Å². The Hall–Kier alpha value is -5.44. The van der Waals surface area contributed by atoms with Crippen molar-refractivity contribution >= 4 is 48.6 Å². The molecule has 1 heterocycles. The summed E-state index contributed by atoms with van der Waals surface area (Å²) in [5.74, 6) is 0. The third kappa shape index (κ3) is 4.18. The van der Waals surface area contributed by atoms with Crippen molar-refractivity contribution in [2.24, 2.45) is 0 Å². The summed E-state index contributed by atoms with van der Waals surface area (Å²) in [5.41, 5.74) is 16.7. The van der Waals surface area contributed by atoms with Crippen LogP contribution >= 0.6 is 11.3 Å². The highest BCUT2D eigenvalue weighted by atomic mass is 32.1. The van der Waals surface area contributed by atoms with E-state index in [1.165, 1.54) is 75.8 Å². The van der Waals surface area contributed by atoms with Crippen molar-refractivity contribution in [3.05, 3.63) is 174 Å². The Morgan fingerprint density at radius 3 is 1.56 bits per heavy atom. The molecule has 0 amide bonds. The smallest absolute Gasteiger partial charge is 0.0468 e. The Kier molecular flexibility index (Phi) is 6.21. The fourth-order valence-corrected chi connectivity index (χ4v) is 9.96. The van der Waals surface area contributed by atoms with Crippen molar-refractivity contribution < 1.29 is 0 Å². The molecule has 0 radical (unpaired) electrons. The van der Waals surface area contributed by atoms with Crippen LogP contribution in [0, 0.1) is 0 Å². The van der Waals surface area contributed by atoms with Crippen LogP contribution < -0.4 is 4.90 Å². The van der Waals surface area contributed by atoms with Gasteiger partial charge in [-0.2, -0.15) is 0 Å². The summed E-state index contributed by atoms with van der Waals surface area (Å²) < 4.78 is 2.66. The summed E-state index contributed by atoms with van der Waals surface area (Å²) in [6.45, 7) is 9.41. The molecule has 8 aromatic rings. The van der Waals surface area contributed by atoms with Gasteiger partial charge < -0.3 is 4.90 Å². The van der Waals surface area contributed by atoms with Gasteiger partial charge in [0.15, 0.2) is 0 Å². The van der Waals surface area contributed by atoms with Crippen LogP contribution in [0.2, 0.25) is 0 Å². The summed E-state index contributed by atoms with van der Waals surface area (Å²) in [5, 5.41) is 2.65. The molecule has 240 valence electrons. The first-order valence-electron chi connectivity index (χ1n) is 17.6. The van der Waals surface area contributed by atoms with Gasteiger partial charge in [-0.25, -0.2) is 0 Å². The number of anilines is 3. The lowest BCUT2D eigenvalue weighted by atomic mass is 9.82. The number of hydrogen-bond acceptors (Lipinski definition) is 2. The predicted octanol–water partition coefficient (Wildman–Crippen LogP) is 13.8. The van der Waals surface area contributed by atoms with Gasteiger partial charge >= 0.3 is 0 Å². The fraction of sp³-hybridized carbons (Fsp3) is 0.125. The number of nitrogens with zero attached hydrogens (tertiary/aromatic N) is 1. The zero-order chi connectivity index (χ0) is 33.8. The molecule has 0 bridgehead atoms. The maximum absolute atomic E-state index is 2.46. The molecule has 1 nitrogen and oxygen atoms in total. The van der Waals surface area contributed by atoms with Crippen molar-refractivity contribution in [3.63, 3.8) is 0 Å². The summed E-state index contributed by atoms with van der Waals surface area (Å²) in [6, 6.07) is 56.9. The first-order chi connectivity index (χ1) is 24.3. The van der Waals surface area contributed by atoms with Gasteiger partial charge in [-0.1, -0.05) is 125 Å². The molecular weight excluding hydrogens is 623 g/mol. The van der Waals surface area contributed by atoms with Crippen LogP contribution in [0.4, 0.5) is 17.1 Å². The van der Waals surface area contributed by atoms with E-state index in [1.807, 2.05) is 11.3 Å². The molecule has 2 aliphatic carbocycles. The summed E-state index contributed by atoms with van der Waals surface area (Å²) in [6.07, 6.45) is 0. The first kappa shape index (κ1) is 29.5. The van der Waals surface area contributed by atoms with Gasteiger partial charge in [-0.05, 0) is 110 Å². The second-order valence-corrected chi connectivity index (χ2v) is 16.1. The van der Waals surface area contributed by atoms with Crippen molar-refractivity contribution in [1.82, 2.24) is 0 Å². The molecule has 0 saturated heterocycles. The van der Waals surface area contributed by atoms with Crippen LogP contribution in [-0.4, -0.2) is 0 Å². The van der Waals surface area contributed by atoms with Crippen molar-refractivity contribution in [2.45, 2.75) is 38.5 Å². The molecule has 1 aromatic heterocycles. The highest BCUT2D eigenvalue weighted by molar-refractivity contribution is 7.25. The molecule has 10 rings (SSSR count). The second kappa shape index (κ2) is 10.5. The van der Waals surface area contributed by atoms with E-state index in [9.17, 15) is 0 Å². The van der Waals surface area contributed by atoms with Crippen molar-refractivity contribution in [2.75, 3.05) is 4.90 Å². The SMILES string of the molecule is CC1(C)c2ccccc2-c2cc(N(c3cccc(-c4ccc5sc6ccccc6c5c4)c3)c3ccc4c(c3)-c3ccccc3C4(C)C)ccc21. The van der Waals surface area contributed by atoms with Crippen molar-refractivity contribution in [3.8, 4) is 33.4 Å². The summed E-state index contributed by atoms with van der Waals surface area (Å²) >= 11 is 1.87. The first-order valence-corrected chi connectivity index (χ1v) is 18.4. The van der Waals surface area contributed by atoms with E-state index in [4.69, 9.17) is 0 Å². The number of hydrogen-bond donors (Lipinski definition) is 0. The Morgan fingerprint density at radius 1 is 0.380 bits per heavy atom. The number of benzene rings is 7. The Balaban J connectivity index is 1.17.